The summed E-state index contributed by atoms with van der Waals surface area (Å²) in [5.74, 6) is 1.17. The van der Waals surface area contributed by atoms with Crippen molar-refractivity contribution in [2.45, 2.75) is 6.92 Å². The zero-order valence-electron chi connectivity index (χ0n) is 10.5. The minimum Gasteiger partial charge on any atom is -0.497 e. The van der Waals surface area contributed by atoms with E-state index in [1.807, 2.05) is 19.1 Å². The summed E-state index contributed by atoms with van der Waals surface area (Å²) in [4.78, 5) is 14.2. The van der Waals surface area contributed by atoms with Gasteiger partial charge in [0.1, 0.15) is 11.5 Å². The Morgan fingerprint density at radius 2 is 1.89 bits per heavy atom. The molecule has 0 aliphatic carbocycles. The summed E-state index contributed by atoms with van der Waals surface area (Å²) >= 11 is 1.48. The van der Waals surface area contributed by atoms with E-state index in [-0.39, 0.29) is 5.78 Å². The highest BCUT2D eigenvalue weighted by atomic mass is 32.1. The van der Waals surface area contributed by atoms with Gasteiger partial charge in [0.15, 0.2) is 0 Å². The average Bonchev–Trinajstić information content (AvgIpc) is 2.83. The van der Waals surface area contributed by atoms with E-state index >= 15 is 0 Å². The van der Waals surface area contributed by atoms with Gasteiger partial charge in [-0.3, -0.25) is 4.79 Å². The number of hydrogen-bond acceptors (Lipinski definition) is 4. The number of methoxy groups -OCH3 is 2. The standard InChI is InChI=1S/C14H14O3S/c1-9-4-7-13(18-9)14(15)11-8-10(16-2)5-6-12(11)17-3/h4-8H,1-3H3. The fourth-order valence-electron chi connectivity index (χ4n) is 1.68. The van der Waals surface area contributed by atoms with Gasteiger partial charge in [0.05, 0.1) is 24.7 Å². The van der Waals surface area contributed by atoms with Crippen LogP contribution in [-0.2, 0) is 0 Å². The van der Waals surface area contributed by atoms with Crippen molar-refractivity contribution in [1.29, 1.82) is 0 Å². The third kappa shape index (κ3) is 2.38. The van der Waals surface area contributed by atoms with Gasteiger partial charge < -0.3 is 9.47 Å². The highest BCUT2D eigenvalue weighted by Crippen LogP contribution is 2.28. The summed E-state index contributed by atoms with van der Waals surface area (Å²) in [5.41, 5.74) is 0.527. The van der Waals surface area contributed by atoms with Crippen molar-refractivity contribution >= 4 is 17.1 Å². The molecule has 18 heavy (non-hydrogen) atoms. The van der Waals surface area contributed by atoms with E-state index in [2.05, 4.69) is 0 Å². The van der Waals surface area contributed by atoms with Crippen LogP contribution in [0, 0.1) is 6.92 Å². The Balaban J connectivity index is 2.45. The van der Waals surface area contributed by atoms with Gasteiger partial charge in [-0.25, -0.2) is 0 Å². The largest absolute Gasteiger partial charge is 0.497 e. The van der Waals surface area contributed by atoms with Crippen molar-refractivity contribution in [3.63, 3.8) is 0 Å². The first-order valence-corrected chi connectivity index (χ1v) is 6.30. The van der Waals surface area contributed by atoms with E-state index in [9.17, 15) is 4.79 Å². The Morgan fingerprint density at radius 3 is 2.44 bits per heavy atom. The molecule has 0 fully saturated rings. The second kappa shape index (κ2) is 5.23. The topological polar surface area (TPSA) is 35.5 Å². The van der Waals surface area contributed by atoms with Crippen molar-refractivity contribution in [3.8, 4) is 11.5 Å². The van der Waals surface area contributed by atoms with Crippen LogP contribution >= 0.6 is 11.3 Å². The van der Waals surface area contributed by atoms with Crippen LogP contribution in [0.25, 0.3) is 0 Å². The minimum absolute atomic E-state index is 0.0381. The zero-order chi connectivity index (χ0) is 13.1. The molecule has 0 aliphatic rings. The molecular weight excluding hydrogens is 248 g/mol. The van der Waals surface area contributed by atoms with Gasteiger partial charge in [0.2, 0.25) is 5.78 Å². The Morgan fingerprint density at radius 1 is 1.11 bits per heavy atom. The van der Waals surface area contributed by atoms with Crippen LogP contribution in [0.3, 0.4) is 0 Å². The molecule has 0 bridgehead atoms. The number of carbonyl (C=O) groups is 1. The van der Waals surface area contributed by atoms with E-state index in [1.165, 1.54) is 11.3 Å². The van der Waals surface area contributed by atoms with Crippen molar-refractivity contribution in [2.75, 3.05) is 14.2 Å². The van der Waals surface area contributed by atoms with E-state index < -0.39 is 0 Å². The second-order valence-corrected chi connectivity index (χ2v) is 5.09. The molecule has 0 saturated heterocycles. The number of carbonyl (C=O) groups excluding carboxylic acids is 1. The molecule has 94 valence electrons. The number of benzene rings is 1. The molecule has 0 aliphatic heterocycles. The molecule has 0 amide bonds. The lowest BCUT2D eigenvalue weighted by molar-refractivity contribution is 0.103. The van der Waals surface area contributed by atoms with Gasteiger partial charge in [0.25, 0.3) is 0 Å². The van der Waals surface area contributed by atoms with Crippen LogP contribution in [0.1, 0.15) is 20.1 Å². The second-order valence-electron chi connectivity index (χ2n) is 3.81. The number of hydrogen-bond donors (Lipinski definition) is 0. The molecule has 1 aromatic carbocycles. The lowest BCUT2D eigenvalue weighted by atomic mass is 10.1. The number of aryl methyl sites for hydroxylation is 1. The molecule has 0 N–H and O–H groups in total. The molecule has 2 rings (SSSR count). The Bertz CT molecular complexity index is 572. The van der Waals surface area contributed by atoms with Crippen LogP contribution in [-0.4, -0.2) is 20.0 Å². The number of thiophene rings is 1. The van der Waals surface area contributed by atoms with Gasteiger partial charge in [-0.2, -0.15) is 0 Å². The van der Waals surface area contributed by atoms with Gasteiger partial charge in [-0.15, -0.1) is 11.3 Å². The monoisotopic (exact) mass is 262 g/mol. The van der Waals surface area contributed by atoms with Gasteiger partial charge in [-0.1, -0.05) is 0 Å². The fourth-order valence-corrected chi connectivity index (χ4v) is 2.50. The maximum atomic E-state index is 12.4. The molecule has 0 unspecified atom stereocenters. The van der Waals surface area contributed by atoms with Crippen LogP contribution in [0.2, 0.25) is 0 Å². The van der Waals surface area contributed by atoms with E-state index in [1.54, 1.807) is 32.4 Å². The smallest absolute Gasteiger partial charge is 0.206 e. The molecule has 1 heterocycles. The predicted molar refractivity (Wildman–Crippen MR) is 72.0 cm³/mol. The SMILES string of the molecule is COc1ccc(OC)c(C(=O)c2ccc(C)s2)c1. The molecule has 0 spiro atoms. The Labute approximate surface area is 110 Å². The molecule has 0 saturated carbocycles. The summed E-state index contributed by atoms with van der Waals surface area (Å²) in [5, 5.41) is 0. The molecule has 3 nitrogen and oxygen atoms in total. The summed E-state index contributed by atoms with van der Waals surface area (Å²) in [6.45, 7) is 1.98. The van der Waals surface area contributed by atoms with Crippen LogP contribution in [0.5, 0.6) is 11.5 Å². The zero-order valence-corrected chi connectivity index (χ0v) is 11.3. The highest BCUT2D eigenvalue weighted by Gasteiger charge is 2.16. The van der Waals surface area contributed by atoms with Crippen molar-refractivity contribution in [2.24, 2.45) is 0 Å². The average molecular weight is 262 g/mol. The first-order chi connectivity index (χ1) is 8.65. The lowest BCUT2D eigenvalue weighted by Gasteiger charge is -2.08. The first kappa shape index (κ1) is 12.6. The quantitative estimate of drug-likeness (QED) is 0.793. The minimum atomic E-state index is -0.0381. The predicted octanol–water partition coefficient (Wildman–Crippen LogP) is 3.30. The summed E-state index contributed by atoms with van der Waals surface area (Å²) in [6, 6.07) is 8.99. The lowest BCUT2D eigenvalue weighted by Crippen LogP contribution is -2.02. The molecular formula is C14H14O3S. The summed E-state index contributed by atoms with van der Waals surface area (Å²) < 4.78 is 10.4. The fraction of sp³-hybridized carbons (Fsp3) is 0.214. The first-order valence-electron chi connectivity index (χ1n) is 5.49. The maximum absolute atomic E-state index is 12.4. The van der Waals surface area contributed by atoms with Crippen LogP contribution in [0.15, 0.2) is 30.3 Å². The van der Waals surface area contributed by atoms with E-state index in [0.717, 1.165) is 4.88 Å². The maximum Gasteiger partial charge on any atom is 0.206 e. The van der Waals surface area contributed by atoms with Gasteiger partial charge >= 0.3 is 0 Å². The number of ether oxygens (including phenoxy) is 2. The molecule has 2 aromatic rings. The molecule has 4 heteroatoms. The molecule has 0 radical (unpaired) electrons. The molecule has 1 aromatic heterocycles. The normalized spacial score (nSPS) is 10.2. The van der Waals surface area contributed by atoms with Crippen LogP contribution < -0.4 is 9.47 Å². The van der Waals surface area contributed by atoms with Crippen molar-refractivity contribution in [1.82, 2.24) is 0 Å². The van der Waals surface area contributed by atoms with Gasteiger partial charge in [-0.05, 0) is 37.3 Å². The molecule has 0 atom stereocenters. The number of ketones is 1. The summed E-state index contributed by atoms with van der Waals surface area (Å²) in [7, 11) is 3.13. The Hall–Kier alpha value is -1.81. The third-order valence-corrected chi connectivity index (χ3v) is 3.61. The summed E-state index contributed by atoms with van der Waals surface area (Å²) in [6.07, 6.45) is 0. The highest BCUT2D eigenvalue weighted by molar-refractivity contribution is 7.14. The van der Waals surface area contributed by atoms with E-state index in [0.29, 0.717) is 21.9 Å². The van der Waals surface area contributed by atoms with Gasteiger partial charge in [0, 0.05) is 4.88 Å². The van der Waals surface area contributed by atoms with Crippen LogP contribution in [0.4, 0.5) is 0 Å². The van der Waals surface area contributed by atoms with E-state index in [4.69, 9.17) is 9.47 Å². The third-order valence-electron chi connectivity index (χ3n) is 2.62. The van der Waals surface area contributed by atoms with Crippen molar-refractivity contribution in [3.05, 3.63) is 45.6 Å². The Kier molecular flexibility index (Phi) is 3.67. The van der Waals surface area contributed by atoms with Crippen molar-refractivity contribution < 1.29 is 14.3 Å². The number of rotatable bonds is 4.